The van der Waals surface area contributed by atoms with Gasteiger partial charge in [0.2, 0.25) is 5.95 Å². The molecule has 0 bridgehead atoms. The molecule has 0 aliphatic carbocycles. The van der Waals surface area contributed by atoms with Crippen molar-refractivity contribution in [3.8, 4) is 11.3 Å². The van der Waals surface area contributed by atoms with Crippen molar-refractivity contribution in [2.75, 3.05) is 43.4 Å². The third-order valence-corrected chi connectivity index (χ3v) is 5.33. The second kappa shape index (κ2) is 7.98. The van der Waals surface area contributed by atoms with Gasteiger partial charge >= 0.3 is 0 Å². The second-order valence-corrected chi connectivity index (χ2v) is 7.48. The van der Waals surface area contributed by atoms with Crippen LogP contribution in [0.4, 0.5) is 17.5 Å². The highest BCUT2D eigenvalue weighted by Crippen LogP contribution is 2.27. The molecule has 28 heavy (non-hydrogen) atoms. The summed E-state index contributed by atoms with van der Waals surface area (Å²) in [6.07, 6.45) is 0. The summed E-state index contributed by atoms with van der Waals surface area (Å²) in [5, 5.41) is 3.48. The third-order valence-electron chi connectivity index (χ3n) is 5.33. The van der Waals surface area contributed by atoms with E-state index in [0.29, 0.717) is 5.95 Å². The molecular weight excluding hydrogens is 346 g/mol. The number of aromatic nitrogens is 2. The number of nitrogens with one attached hydrogen (secondary N) is 1. The number of piperazine rings is 1. The van der Waals surface area contributed by atoms with Crippen LogP contribution in [0.1, 0.15) is 11.1 Å². The minimum absolute atomic E-state index is 0.646. The predicted molar refractivity (Wildman–Crippen MR) is 116 cm³/mol. The van der Waals surface area contributed by atoms with Crippen LogP contribution in [0.3, 0.4) is 0 Å². The van der Waals surface area contributed by atoms with Gasteiger partial charge in [0.15, 0.2) is 0 Å². The van der Waals surface area contributed by atoms with Crippen LogP contribution in [0.15, 0.2) is 54.6 Å². The standard InChI is InChI=1S/C23H27N5/c1-17-8-7-9-18(2)22(17)26-23-24-20(19-10-5-4-6-11-19)16-21(25-23)28-14-12-27(3)13-15-28/h4-11,16H,12-15H2,1-3H3,(H,24,25,26). The van der Waals surface area contributed by atoms with Gasteiger partial charge in [0.1, 0.15) is 5.82 Å². The molecule has 1 aliphatic rings. The maximum atomic E-state index is 4.87. The molecule has 1 N–H and O–H groups in total. The quantitative estimate of drug-likeness (QED) is 0.740. The zero-order valence-electron chi connectivity index (χ0n) is 16.8. The molecule has 0 spiro atoms. The van der Waals surface area contributed by atoms with E-state index in [1.807, 2.05) is 18.2 Å². The van der Waals surface area contributed by atoms with Crippen molar-refractivity contribution in [1.29, 1.82) is 0 Å². The lowest BCUT2D eigenvalue weighted by molar-refractivity contribution is 0.312. The van der Waals surface area contributed by atoms with Crippen LogP contribution in [0, 0.1) is 13.8 Å². The van der Waals surface area contributed by atoms with Crippen LogP contribution in [-0.4, -0.2) is 48.1 Å². The van der Waals surface area contributed by atoms with Gasteiger partial charge in [0.05, 0.1) is 5.69 Å². The molecule has 1 aromatic heterocycles. The highest BCUT2D eigenvalue weighted by Gasteiger charge is 2.18. The van der Waals surface area contributed by atoms with E-state index in [1.54, 1.807) is 0 Å². The van der Waals surface area contributed by atoms with Gasteiger partial charge in [-0.3, -0.25) is 0 Å². The number of anilines is 3. The first kappa shape index (κ1) is 18.4. The van der Waals surface area contributed by atoms with Crippen LogP contribution in [0.25, 0.3) is 11.3 Å². The Balaban J connectivity index is 1.74. The Hall–Kier alpha value is -2.92. The molecule has 5 heteroatoms. The average Bonchev–Trinajstić information content (AvgIpc) is 2.72. The normalized spacial score (nSPS) is 14.9. The molecule has 0 atom stereocenters. The fraction of sp³-hybridized carbons (Fsp3) is 0.304. The van der Waals surface area contributed by atoms with Crippen LogP contribution < -0.4 is 10.2 Å². The number of hydrogen-bond acceptors (Lipinski definition) is 5. The van der Waals surface area contributed by atoms with E-state index in [4.69, 9.17) is 9.97 Å². The Bertz CT molecular complexity index is 926. The summed E-state index contributed by atoms with van der Waals surface area (Å²) in [6, 6.07) is 18.7. The summed E-state index contributed by atoms with van der Waals surface area (Å²) < 4.78 is 0. The largest absolute Gasteiger partial charge is 0.354 e. The number of benzene rings is 2. The maximum Gasteiger partial charge on any atom is 0.229 e. The highest BCUT2D eigenvalue weighted by atomic mass is 15.3. The molecule has 1 aliphatic heterocycles. The Morgan fingerprint density at radius 3 is 2.18 bits per heavy atom. The van der Waals surface area contributed by atoms with Crippen molar-refractivity contribution in [3.05, 3.63) is 65.7 Å². The van der Waals surface area contributed by atoms with Crippen molar-refractivity contribution in [2.45, 2.75) is 13.8 Å². The van der Waals surface area contributed by atoms with Gasteiger partial charge in [-0.05, 0) is 32.0 Å². The van der Waals surface area contributed by atoms with Gasteiger partial charge in [-0.25, -0.2) is 4.98 Å². The van der Waals surface area contributed by atoms with E-state index in [2.05, 4.69) is 72.4 Å². The van der Waals surface area contributed by atoms with Gasteiger partial charge < -0.3 is 15.1 Å². The molecule has 144 valence electrons. The fourth-order valence-electron chi connectivity index (χ4n) is 3.57. The average molecular weight is 374 g/mol. The molecular formula is C23H27N5. The van der Waals surface area contributed by atoms with E-state index in [-0.39, 0.29) is 0 Å². The topological polar surface area (TPSA) is 44.3 Å². The minimum Gasteiger partial charge on any atom is -0.354 e. The summed E-state index contributed by atoms with van der Waals surface area (Å²) in [5.41, 5.74) is 5.50. The number of nitrogens with zero attached hydrogens (tertiary/aromatic N) is 4. The first-order chi connectivity index (χ1) is 13.6. The maximum absolute atomic E-state index is 4.87. The lowest BCUT2D eigenvalue weighted by Gasteiger charge is -2.33. The van der Waals surface area contributed by atoms with Gasteiger partial charge in [0, 0.05) is 43.5 Å². The minimum atomic E-state index is 0.646. The van der Waals surface area contributed by atoms with Crippen molar-refractivity contribution in [2.24, 2.45) is 0 Å². The number of aryl methyl sites for hydroxylation is 2. The molecule has 4 rings (SSSR count). The summed E-state index contributed by atoms with van der Waals surface area (Å²) in [4.78, 5) is 14.4. The molecule has 2 aromatic carbocycles. The number of rotatable bonds is 4. The van der Waals surface area contributed by atoms with Crippen molar-refractivity contribution >= 4 is 17.5 Å². The fourth-order valence-corrected chi connectivity index (χ4v) is 3.57. The van der Waals surface area contributed by atoms with Gasteiger partial charge in [-0.1, -0.05) is 48.5 Å². The van der Waals surface area contributed by atoms with Crippen LogP contribution >= 0.6 is 0 Å². The molecule has 5 nitrogen and oxygen atoms in total. The molecule has 3 aromatic rings. The lowest BCUT2D eigenvalue weighted by atomic mass is 10.1. The summed E-state index contributed by atoms with van der Waals surface area (Å²) in [5.74, 6) is 1.63. The van der Waals surface area contributed by atoms with Gasteiger partial charge in [-0.2, -0.15) is 4.98 Å². The van der Waals surface area contributed by atoms with Crippen molar-refractivity contribution < 1.29 is 0 Å². The predicted octanol–water partition coefficient (Wildman–Crippen LogP) is 4.26. The summed E-state index contributed by atoms with van der Waals surface area (Å²) >= 11 is 0. The Morgan fingerprint density at radius 1 is 0.821 bits per heavy atom. The number of likely N-dealkylation sites (N-methyl/N-ethyl adjacent to an activating group) is 1. The monoisotopic (exact) mass is 373 g/mol. The molecule has 1 fully saturated rings. The first-order valence-corrected chi connectivity index (χ1v) is 9.81. The van der Waals surface area contributed by atoms with Crippen LogP contribution in [0.5, 0.6) is 0 Å². The molecule has 1 saturated heterocycles. The smallest absolute Gasteiger partial charge is 0.229 e. The van der Waals surface area contributed by atoms with Crippen molar-refractivity contribution in [3.63, 3.8) is 0 Å². The zero-order chi connectivity index (χ0) is 19.5. The zero-order valence-corrected chi connectivity index (χ0v) is 16.8. The van der Waals surface area contributed by atoms with E-state index >= 15 is 0 Å². The highest BCUT2D eigenvalue weighted by molar-refractivity contribution is 5.68. The van der Waals surface area contributed by atoms with Gasteiger partial charge in [0.25, 0.3) is 0 Å². The molecule has 0 amide bonds. The van der Waals surface area contributed by atoms with E-state index in [1.165, 1.54) is 11.1 Å². The van der Waals surface area contributed by atoms with Crippen molar-refractivity contribution in [1.82, 2.24) is 14.9 Å². The number of hydrogen-bond donors (Lipinski definition) is 1. The number of para-hydroxylation sites is 1. The first-order valence-electron chi connectivity index (χ1n) is 9.81. The van der Waals surface area contributed by atoms with Crippen LogP contribution in [0.2, 0.25) is 0 Å². The van der Waals surface area contributed by atoms with E-state index in [0.717, 1.165) is 48.9 Å². The molecule has 0 radical (unpaired) electrons. The third kappa shape index (κ3) is 3.99. The lowest BCUT2D eigenvalue weighted by Crippen LogP contribution is -2.44. The summed E-state index contributed by atoms with van der Waals surface area (Å²) in [7, 11) is 2.17. The molecule has 0 saturated carbocycles. The van der Waals surface area contributed by atoms with E-state index < -0.39 is 0 Å². The Kier molecular flexibility index (Phi) is 5.26. The van der Waals surface area contributed by atoms with Crippen LogP contribution in [-0.2, 0) is 0 Å². The van der Waals surface area contributed by atoms with Gasteiger partial charge in [-0.15, -0.1) is 0 Å². The molecule has 2 heterocycles. The second-order valence-electron chi connectivity index (χ2n) is 7.48. The Morgan fingerprint density at radius 2 is 1.50 bits per heavy atom. The summed E-state index contributed by atoms with van der Waals surface area (Å²) in [6.45, 7) is 8.26. The van der Waals surface area contributed by atoms with E-state index in [9.17, 15) is 0 Å². The molecule has 0 unspecified atom stereocenters. The SMILES string of the molecule is Cc1cccc(C)c1Nc1nc(-c2ccccc2)cc(N2CCN(C)CC2)n1. The Labute approximate surface area is 167 Å².